The van der Waals surface area contributed by atoms with Crippen molar-refractivity contribution in [1.29, 1.82) is 0 Å². The van der Waals surface area contributed by atoms with Crippen molar-refractivity contribution in [2.75, 3.05) is 4.90 Å². The van der Waals surface area contributed by atoms with Gasteiger partial charge in [0.1, 0.15) is 0 Å². The summed E-state index contributed by atoms with van der Waals surface area (Å²) in [6.07, 6.45) is 0.972. The van der Waals surface area contributed by atoms with Crippen LogP contribution in [0.25, 0.3) is 0 Å². The van der Waals surface area contributed by atoms with E-state index in [2.05, 4.69) is 6.92 Å². The Morgan fingerprint density at radius 3 is 2.33 bits per heavy atom. The first-order valence-corrected chi connectivity index (χ1v) is 7.22. The molecule has 0 fully saturated rings. The van der Waals surface area contributed by atoms with Crippen molar-refractivity contribution >= 4 is 29.0 Å². The lowest BCUT2D eigenvalue weighted by Gasteiger charge is -2.16. The molecule has 4 heteroatoms. The molecule has 1 amide bonds. The molecule has 0 saturated heterocycles. The molecule has 0 radical (unpaired) electrons. The molecular weight excluding hydrogens is 286 g/mol. The van der Waals surface area contributed by atoms with Gasteiger partial charge in [-0.15, -0.1) is 0 Å². The Labute approximate surface area is 128 Å². The quantitative estimate of drug-likeness (QED) is 0.812. The number of ketones is 1. The second-order valence-corrected chi connectivity index (χ2v) is 5.43. The molecule has 2 aromatic rings. The summed E-state index contributed by atoms with van der Waals surface area (Å²) in [7, 11) is 0. The van der Waals surface area contributed by atoms with E-state index in [4.69, 9.17) is 11.6 Å². The Morgan fingerprint density at radius 2 is 1.67 bits per heavy atom. The number of hydrogen-bond acceptors (Lipinski definition) is 2. The predicted octanol–water partition coefficient (Wildman–Crippen LogP) is 3.63. The Bertz CT molecular complexity index is 722. The maximum Gasteiger partial charge on any atom is 0.299 e. The number of amides is 1. The number of anilines is 1. The Balaban J connectivity index is 1.94. The largest absolute Gasteiger partial charge is 0.300 e. The maximum absolute atomic E-state index is 12.2. The molecule has 0 spiro atoms. The van der Waals surface area contributed by atoms with E-state index < -0.39 is 11.7 Å². The Hall–Kier alpha value is -2.13. The van der Waals surface area contributed by atoms with Gasteiger partial charge in [0.2, 0.25) is 0 Å². The normalized spacial score (nSPS) is 13.7. The monoisotopic (exact) mass is 299 g/mol. The van der Waals surface area contributed by atoms with E-state index in [1.807, 2.05) is 24.3 Å². The average molecular weight is 300 g/mol. The minimum absolute atomic E-state index is 0.314. The van der Waals surface area contributed by atoms with Crippen LogP contribution in [0.2, 0.25) is 5.02 Å². The number of rotatable bonds is 3. The fourth-order valence-corrected chi connectivity index (χ4v) is 2.78. The molecule has 0 atom stereocenters. The minimum Gasteiger partial charge on any atom is -0.300 e. The molecule has 106 valence electrons. The predicted molar refractivity (Wildman–Crippen MR) is 82.8 cm³/mol. The number of Topliss-reactive ketones (excluding diaryl/α,β-unsaturated/α-hetero) is 1. The van der Waals surface area contributed by atoms with Crippen molar-refractivity contribution in [2.24, 2.45) is 0 Å². The Kier molecular flexibility index (Phi) is 3.52. The summed E-state index contributed by atoms with van der Waals surface area (Å²) in [6, 6.07) is 13.2. The Morgan fingerprint density at radius 1 is 1.00 bits per heavy atom. The van der Waals surface area contributed by atoms with Crippen LogP contribution in [-0.2, 0) is 17.8 Å². The summed E-state index contributed by atoms with van der Waals surface area (Å²) in [4.78, 5) is 25.7. The average Bonchev–Trinajstić information content (AvgIpc) is 2.74. The number of carbonyl (C=O) groups excluding carboxylic acids is 2. The van der Waals surface area contributed by atoms with Gasteiger partial charge in [-0.25, -0.2) is 0 Å². The molecule has 0 N–H and O–H groups in total. The lowest BCUT2D eigenvalue weighted by Crippen LogP contribution is -2.29. The van der Waals surface area contributed by atoms with E-state index in [1.54, 1.807) is 18.2 Å². The molecule has 3 nitrogen and oxygen atoms in total. The van der Waals surface area contributed by atoms with Crippen LogP contribution in [0.5, 0.6) is 0 Å². The van der Waals surface area contributed by atoms with Crippen LogP contribution < -0.4 is 4.90 Å². The summed E-state index contributed by atoms with van der Waals surface area (Å²) < 4.78 is 0. The van der Waals surface area contributed by atoms with Gasteiger partial charge in [-0.1, -0.05) is 48.9 Å². The van der Waals surface area contributed by atoms with E-state index >= 15 is 0 Å². The number of carbonyl (C=O) groups is 2. The van der Waals surface area contributed by atoms with Gasteiger partial charge in [0, 0.05) is 0 Å². The zero-order chi connectivity index (χ0) is 15.0. The van der Waals surface area contributed by atoms with E-state index in [0.29, 0.717) is 22.8 Å². The van der Waals surface area contributed by atoms with Gasteiger partial charge in [-0.05, 0) is 29.7 Å². The van der Waals surface area contributed by atoms with E-state index in [0.717, 1.165) is 12.0 Å². The molecule has 3 rings (SSSR count). The van der Waals surface area contributed by atoms with Crippen LogP contribution in [-0.4, -0.2) is 11.7 Å². The summed E-state index contributed by atoms with van der Waals surface area (Å²) in [6.45, 7) is 2.47. The van der Waals surface area contributed by atoms with Crippen LogP contribution in [0.3, 0.4) is 0 Å². The third-order valence-corrected chi connectivity index (χ3v) is 4.04. The lowest BCUT2D eigenvalue weighted by molar-refractivity contribution is -0.114. The van der Waals surface area contributed by atoms with Crippen molar-refractivity contribution in [3.05, 3.63) is 64.2 Å². The van der Waals surface area contributed by atoms with Gasteiger partial charge in [-0.2, -0.15) is 0 Å². The van der Waals surface area contributed by atoms with Gasteiger partial charge in [-0.3, -0.25) is 9.59 Å². The number of hydrogen-bond donors (Lipinski definition) is 0. The van der Waals surface area contributed by atoms with E-state index in [1.165, 1.54) is 10.5 Å². The van der Waals surface area contributed by atoms with Gasteiger partial charge in [0.15, 0.2) is 0 Å². The summed E-state index contributed by atoms with van der Waals surface area (Å²) >= 11 is 6.04. The van der Waals surface area contributed by atoms with E-state index in [-0.39, 0.29) is 0 Å². The summed E-state index contributed by atoms with van der Waals surface area (Å²) in [5.74, 6) is -1.04. The highest BCUT2D eigenvalue weighted by molar-refractivity contribution is 6.55. The molecule has 0 saturated carbocycles. The smallest absolute Gasteiger partial charge is 0.299 e. The first-order chi connectivity index (χ1) is 10.1. The van der Waals surface area contributed by atoms with Crippen molar-refractivity contribution in [1.82, 2.24) is 0 Å². The first kappa shape index (κ1) is 13.8. The second kappa shape index (κ2) is 5.34. The van der Waals surface area contributed by atoms with Gasteiger partial charge < -0.3 is 4.90 Å². The molecule has 21 heavy (non-hydrogen) atoms. The summed E-state index contributed by atoms with van der Waals surface area (Å²) in [5.41, 5.74) is 3.14. The molecule has 1 aliphatic rings. The van der Waals surface area contributed by atoms with Crippen LogP contribution in [0.4, 0.5) is 5.69 Å². The molecule has 2 aromatic carbocycles. The standard InChI is InChI=1S/C17H14ClNO2/c1-2-11-6-8-12(9-7-11)10-19-14-5-3-4-13(18)15(14)16(20)17(19)21/h3-9H,2,10H2,1H3. The molecule has 0 aliphatic carbocycles. The highest BCUT2D eigenvalue weighted by Gasteiger charge is 2.37. The van der Waals surface area contributed by atoms with Gasteiger partial charge in [0.05, 0.1) is 22.8 Å². The third kappa shape index (κ3) is 2.34. The van der Waals surface area contributed by atoms with Crippen LogP contribution >= 0.6 is 11.6 Å². The summed E-state index contributed by atoms with van der Waals surface area (Å²) in [5, 5.41) is 0.328. The highest BCUT2D eigenvalue weighted by Crippen LogP contribution is 2.34. The minimum atomic E-state index is -0.527. The topological polar surface area (TPSA) is 37.4 Å². The first-order valence-electron chi connectivity index (χ1n) is 6.84. The third-order valence-electron chi connectivity index (χ3n) is 3.72. The number of benzene rings is 2. The SMILES string of the molecule is CCc1ccc(CN2C(=O)C(=O)c3c(Cl)cccc32)cc1. The molecule has 1 aliphatic heterocycles. The molecule has 0 unspecified atom stereocenters. The van der Waals surface area contributed by atoms with Crippen LogP contribution in [0.1, 0.15) is 28.4 Å². The van der Waals surface area contributed by atoms with Crippen molar-refractivity contribution in [3.63, 3.8) is 0 Å². The fourth-order valence-electron chi connectivity index (χ4n) is 2.52. The van der Waals surface area contributed by atoms with Crippen LogP contribution in [0, 0.1) is 0 Å². The van der Waals surface area contributed by atoms with Crippen LogP contribution in [0.15, 0.2) is 42.5 Å². The van der Waals surface area contributed by atoms with Crippen molar-refractivity contribution in [3.8, 4) is 0 Å². The number of nitrogens with zero attached hydrogens (tertiary/aromatic N) is 1. The molecule has 1 heterocycles. The second-order valence-electron chi connectivity index (χ2n) is 5.02. The maximum atomic E-state index is 12.2. The van der Waals surface area contributed by atoms with E-state index in [9.17, 15) is 9.59 Å². The highest BCUT2D eigenvalue weighted by atomic mass is 35.5. The number of halogens is 1. The molecule has 0 bridgehead atoms. The van der Waals surface area contributed by atoms with Gasteiger partial charge in [0.25, 0.3) is 11.7 Å². The zero-order valence-corrected chi connectivity index (χ0v) is 12.4. The zero-order valence-electron chi connectivity index (χ0n) is 11.6. The van der Waals surface area contributed by atoms with Gasteiger partial charge >= 0.3 is 0 Å². The molecular formula is C17H14ClNO2. The molecule has 0 aromatic heterocycles. The number of fused-ring (bicyclic) bond motifs is 1. The number of aryl methyl sites for hydroxylation is 1. The fraction of sp³-hybridized carbons (Fsp3) is 0.176. The van der Waals surface area contributed by atoms with Crippen molar-refractivity contribution < 1.29 is 9.59 Å². The van der Waals surface area contributed by atoms with Crippen molar-refractivity contribution in [2.45, 2.75) is 19.9 Å². The lowest BCUT2D eigenvalue weighted by atomic mass is 10.1.